The van der Waals surface area contributed by atoms with Gasteiger partial charge in [-0.1, -0.05) is 0 Å². The Balaban J connectivity index is 2.26. The molecule has 1 fully saturated rings. The first-order valence-electron chi connectivity index (χ1n) is 3.97. The fourth-order valence-corrected chi connectivity index (χ4v) is 1.11. The van der Waals surface area contributed by atoms with Crippen LogP contribution in [-0.4, -0.2) is 54.0 Å². The summed E-state index contributed by atoms with van der Waals surface area (Å²) in [5, 5.41) is 21.3. The van der Waals surface area contributed by atoms with E-state index in [0.717, 1.165) is 0 Å². The predicted molar refractivity (Wildman–Crippen MR) is 49.4 cm³/mol. The standard InChI is InChI=1S/C7H13NO4S/c1-8-7(13)12-3-5-6(10)4(9)2-11-5/h4-6,9-10H,2-3H2,1H3,(H,8,13). The van der Waals surface area contributed by atoms with Crippen molar-refractivity contribution in [3.05, 3.63) is 0 Å². The first kappa shape index (κ1) is 10.6. The van der Waals surface area contributed by atoms with Crippen molar-refractivity contribution in [1.29, 1.82) is 0 Å². The topological polar surface area (TPSA) is 71.0 Å². The van der Waals surface area contributed by atoms with E-state index >= 15 is 0 Å². The van der Waals surface area contributed by atoms with Gasteiger partial charge in [0.1, 0.15) is 24.9 Å². The third kappa shape index (κ3) is 2.77. The van der Waals surface area contributed by atoms with Gasteiger partial charge < -0.3 is 25.0 Å². The van der Waals surface area contributed by atoms with Gasteiger partial charge in [0.15, 0.2) is 0 Å². The molecule has 0 bridgehead atoms. The Morgan fingerprint density at radius 2 is 2.38 bits per heavy atom. The first-order valence-corrected chi connectivity index (χ1v) is 4.38. The van der Waals surface area contributed by atoms with E-state index in [4.69, 9.17) is 26.8 Å². The summed E-state index contributed by atoms with van der Waals surface area (Å²) >= 11 is 4.72. The van der Waals surface area contributed by atoms with Crippen molar-refractivity contribution in [3.63, 3.8) is 0 Å². The molecular formula is C7H13NO4S. The molecule has 0 saturated carbocycles. The van der Waals surface area contributed by atoms with Gasteiger partial charge in [0.2, 0.25) is 0 Å². The van der Waals surface area contributed by atoms with Crippen LogP contribution in [-0.2, 0) is 9.47 Å². The molecule has 1 aliphatic heterocycles. The van der Waals surface area contributed by atoms with E-state index in [2.05, 4.69) is 5.32 Å². The van der Waals surface area contributed by atoms with Crippen LogP contribution in [0, 0.1) is 0 Å². The number of rotatable bonds is 2. The monoisotopic (exact) mass is 207 g/mol. The fraction of sp³-hybridized carbons (Fsp3) is 0.857. The van der Waals surface area contributed by atoms with Crippen molar-refractivity contribution >= 4 is 17.4 Å². The highest BCUT2D eigenvalue weighted by atomic mass is 32.1. The lowest BCUT2D eigenvalue weighted by molar-refractivity contribution is -0.00276. The Kier molecular flexibility index (Phi) is 3.86. The number of hydrogen-bond acceptors (Lipinski definition) is 5. The minimum Gasteiger partial charge on any atom is -0.468 e. The summed E-state index contributed by atoms with van der Waals surface area (Å²) in [5.41, 5.74) is 0. The van der Waals surface area contributed by atoms with Gasteiger partial charge in [0.25, 0.3) is 5.17 Å². The van der Waals surface area contributed by atoms with Crippen molar-refractivity contribution in [2.24, 2.45) is 0 Å². The van der Waals surface area contributed by atoms with Crippen molar-refractivity contribution in [1.82, 2.24) is 5.32 Å². The van der Waals surface area contributed by atoms with Crippen LogP contribution in [0.15, 0.2) is 0 Å². The van der Waals surface area contributed by atoms with Crippen LogP contribution in [0.5, 0.6) is 0 Å². The summed E-state index contributed by atoms with van der Waals surface area (Å²) in [7, 11) is 1.64. The van der Waals surface area contributed by atoms with Crippen molar-refractivity contribution in [2.75, 3.05) is 20.3 Å². The van der Waals surface area contributed by atoms with E-state index in [1.165, 1.54) is 0 Å². The second kappa shape index (κ2) is 4.71. The number of aliphatic hydroxyl groups excluding tert-OH is 2. The van der Waals surface area contributed by atoms with E-state index < -0.39 is 18.3 Å². The molecule has 0 aliphatic carbocycles. The second-order valence-corrected chi connectivity index (χ2v) is 3.15. The lowest BCUT2D eigenvalue weighted by Crippen LogP contribution is -2.34. The van der Waals surface area contributed by atoms with Gasteiger partial charge in [0, 0.05) is 7.05 Å². The Bertz CT molecular complexity index is 189. The molecule has 0 amide bonds. The molecule has 6 heteroatoms. The molecule has 0 aromatic heterocycles. The zero-order valence-corrected chi connectivity index (χ0v) is 8.08. The number of aliphatic hydroxyl groups is 2. The van der Waals surface area contributed by atoms with Crippen LogP contribution in [0.4, 0.5) is 0 Å². The minimum atomic E-state index is -0.889. The number of ether oxygens (including phenoxy) is 2. The van der Waals surface area contributed by atoms with E-state index in [9.17, 15) is 5.11 Å². The normalized spacial score (nSPS) is 33.0. The Labute approximate surface area is 81.6 Å². The summed E-state index contributed by atoms with van der Waals surface area (Å²) < 4.78 is 10.1. The van der Waals surface area contributed by atoms with Gasteiger partial charge in [-0.05, 0) is 12.2 Å². The van der Waals surface area contributed by atoms with Crippen molar-refractivity contribution in [3.8, 4) is 0 Å². The third-order valence-electron chi connectivity index (χ3n) is 1.84. The van der Waals surface area contributed by atoms with Gasteiger partial charge in [-0.25, -0.2) is 0 Å². The Morgan fingerprint density at radius 1 is 1.69 bits per heavy atom. The first-order chi connectivity index (χ1) is 6.15. The van der Waals surface area contributed by atoms with E-state index in [0.29, 0.717) is 0 Å². The van der Waals surface area contributed by atoms with Crippen LogP contribution in [0.25, 0.3) is 0 Å². The smallest absolute Gasteiger partial charge is 0.256 e. The molecule has 13 heavy (non-hydrogen) atoms. The number of hydrogen-bond donors (Lipinski definition) is 3. The highest BCUT2D eigenvalue weighted by Crippen LogP contribution is 2.14. The molecule has 3 atom stereocenters. The van der Waals surface area contributed by atoms with Crippen LogP contribution >= 0.6 is 12.2 Å². The molecule has 1 heterocycles. The SMILES string of the molecule is CNC(=S)OCC1OCC(O)C1O. The molecule has 3 N–H and O–H groups in total. The molecule has 76 valence electrons. The molecule has 0 aromatic rings. The Morgan fingerprint density at radius 3 is 2.85 bits per heavy atom. The molecule has 1 saturated heterocycles. The summed E-state index contributed by atoms with van der Waals surface area (Å²) in [6, 6.07) is 0. The molecular weight excluding hydrogens is 194 g/mol. The van der Waals surface area contributed by atoms with Gasteiger partial charge >= 0.3 is 0 Å². The predicted octanol–water partition coefficient (Wildman–Crippen LogP) is -1.37. The van der Waals surface area contributed by atoms with Crippen LogP contribution in [0.3, 0.4) is 0 Å². The number of thiocarbonyl (C=S) groups is 1. The summed E-state index contributed by atoms with van der Waals surface area (Å²) in [6.45, 7) is 0.291. The average Bonchev–Trinajstić information content (AvgIpc) is 2.44. The highest BCUT2D eigenvalue weighted by Gasteiger charge is 2.34. The maximum atomic E-state index is 9.32. The average molecular weight is 207 g/mol. The van der Waals surface area contributed by atoms with E-state index in [1.54, 1.807) is 7.05 Å². The molecule has 1 rings (SSSR count). The van der Waals surface area contributed by atoms with Crippen LogP contribution < -0.4 is 5.32 Å². The lowest BCUT2D eigenvalue weighted by atomic mass is 10.2. The van der Waals surface area contributed by atoms with Gasteiger partial charge in [-0.3, -0.25) is 0 Å². The van der Waals surface area contributed by atoms with Gasteiger partial charge in [-0.15, -0.1) is 0 Å². The minimum absolute atomic E-state index is 0.140. The van der Waals surface area contributed by atoms with Gasteiger partial charge in [-0.2, -0.15) is 0 Å². The Hall–Kier alpha value is -0.430. The fourth-order valence-electron chi connectivity index (χ4n) is 1.04. The van der Waals surface area contributed by atoms with E-state index in [-0.39, 0.29) is 18.4 Å². The second-order valence-electron chi connectivity index (χ2n) is 2.78. The molecule has 5 nitrogen and oxygen atoms in total. The summed E-state index contributed by atoms with van der Waals surface area (Å²) in [6.07, 6.45) is -2.21. The quantitative estimate of drug-likeness (QED) is 0.485. The maximum Gasteiger partial charge on any atom is 0.256 e. The van der Waals surface area contributed by atoms with Crippen LogP contribution in [0.1, 0.15) is 0 Å². The molecule has 0 spiro atoms. The highest BCUT2D eigenvalue weighted by molar-refractivity contribution is 7.80. The van der Waals surface area contributed by atoms with Crippen molar-refractivity contribution in [2.45, 2.75) is 18.3 Å². The maximum absolute atomic E-state index is 9.32. The summed E-state index contributed by atoms with van der Waals surface area (Å²) in [4.78, 5) is 0. The third-order valence-corrected chi connectivity index (χ3v) is 2.16. The zero-order valence-electron chi connectivity index (χ0n) is 7.27. The van der Waals surface area contributed by atoms with Crippen molar-refractivity contribution < 1.29 is 19.7 Å². The molecule has 3 unspecified atom stereocenters. The van der Waals surface area contributed by atoms with E-state index in [1.807, 2.05) is 0 Å². The molecule has 0 aromatic carbocycles. The summed E-state index contributed by atoms with van der Waals surface area (Å²) in [5.74, 6) is 0. The molecule has 1 aliphatic rings. The zero-order chi connectivity index (χ0) is 9.84. The number of nitrogens with one attached hydrogen (secondary N) is 1. The lowest BCUT2D eigenvalue weighted by Gasteiger charge is -2.15. The largest absolute Gasteiger partial charge is 0.468 e. The van der Waals surface area contributed by atoms with Gasteiger partial charge in [0.05, 0.1) is 6.61 Å². The molecule has 0 radical (unpaired) electrons. The van der Waals surface area contributed by atoms with Crippen LogP contribution in [0.2, 0.25) is 0 Å².